The Morgan fingerprint density at radius 1 is 1.13 bits per heavy atom. The topological polar surface area (TPSA) is 126 Å². The number of hydrogen-bond acceptors (Lipinski definition) is 4. The lowest BCUT2D eigenvalue weighted by Crippen LogP contribution is -2.08. The van der Waals surface area contributed by atoms with Gasteiger partial charge in [0, 0.05) is 12.1 Å². The molecule has 2 rings (SSSR count). The lowest BCUT2D eigenvalue weighted by atomic mass is 10.1. The molecular weight excluding hydrogens is 320 g/mol. The molecule has 0 aromatic heterocycles. The second kappa shape index (κ2) is 6.73. The molecule has 0 aliphatic carbocycles. The van der Waals surface area contributed by atoms with E-state index in [-0.39, 0.29) is 16.3 Å². The zero-order chi connectivity index (χ0) is 16.9. The molecule has 0 spiro atoms. The van der Waals surface area contributed by atoms with E-state index in [4.69, 9.17) is 5.53 Å². The van der Waals surface area contributed by atoms with E-state index in [1.807, 2.05) is 0 Å². The molecule has 0 fully saturated rings. The number of nitro benzene ring substituents is 1. The number of benzene rings is 2. The predicted octanol–water partition coefficient (Wildman–Crippen LogP) is 1.95. The summed E-state index contributed by atoms with van der Waals surface area (Å²) in [5.41, 5.74) is 8.59. The van der Waals surface area contributed by atoms with Gasteiger partial charge in [0.15, 0.2) is 0 Å². The van der Waals surface area contributed by atoms with Gasteiger partial charge >= 0.3 is 0 Å². The number of sulfonamides is 1. The van der Waals surface area contributed by atoms with Crippen LogP contribution in [0.2, 0.25) is 0 Å². The van der Waals surface area contributed by atoms with Gasteiger partial charge in [-0.2, -0.15) is 12.8 Å². The fraction of sp³-hybridized carbons (Fsp3) is 0. The summed E-state index contributed by atoms with van der Waals surface area (Å²) < 4.78 is 28.1. The molecule has 0 aliphatic heterocycles. The fourth-order valence-corrected chi connectivity index (χ4v) is 2.67. The van der Waals surface area contributed by atoms with Gasteiger partial charge in [-0.15, -0.1) is 17.7 Å². The van der Waals surface area contributed by atoms with Crippen LogP contribution in [0.3, 0.4) is 0 Å². The third-order valence-corrected chi connectivity index (χ3v) is 4.05. The molecule has 0 unspecified atom stereocenters. The van der Waals surface area contributed by atoms with Gasteiger partial charge in [0.1, 0.15) is 0 Å². The number of nitro groups is 1. The molecule has 2 aromatic rings. The lowest BCUT2D eigenvalue weighted by molar-refractivity contribution is -0.384. The van der Waals surface area contributed by atoms with Crippen LogP contribution in [0.1, 0.15) is 5.56 Å². The molecule has 0 N–H and O–H groups in total. The normalized spacial score (nSPS) is 11.6. The van der Waals surface area contributed by atoms with E-state index in [0.717, 1.165) is 24.3 Å². The minimum absolute atomic E-state index is 0.188. The fourth-order valence-electron chi connectivity index (χ4n) is 1.69. The highest BCUT2D eigenvalue weighted by atomic mass is 32.2. The summed E-state index contributed by atoms with van der Waals surface area (Å²) in [5, 5.41) is 10.6. The van der Waals surface area contributed by atoms with Crippen molar-refractivity contribution in [3.8, 4) is 0 Å². The van der Waals surface area contributed by atoms with Gasteiger partial charge < -0.3 is 5.53 Å². The Hall–Kier alpha value is -3.16. The standard InChI is InChI=1S/C14H9N4O4S/c15-16-10-14(11-4-2-1-3-5-11)17-23(21,22)13-8-6-12(7-9-13)18(19)20/h1-9H/q-1/b17-14-. The maximum absolute atomic E-state index is 12.3. The molecular formula is C14H9N4O4S-. The van der Waals surface area contributed by atoms with Crippen molar-refractivity contribution in [2.24, 2.45) is 4.40 Å². The Morgan fingerprint density at radius 2 is 1.74 bits per heavy atom. The minimum atomic E-state index is -4.14. The molecule has 2 aromatic carbocycles. The number of nitrogens with zero attached hydrogens (tertiary/aromatic N) is 4. The van der Waals surface area contributed by atoms with E-state index in [0.29, 0.717) is 5.56 Å². The van der Waals surface area contributed by atoms with Gasteiger partial charge in [0.25, 0.3) is 15.7 Å². The monoisotopic (exact) mass is 329 g/mol. The zero-order valence-electron chi connectivity index (χ0n) is 11.5. The molecule has 0 radical (unpaired) electrons. The van der Waals surface area contributed by atoms with Crippen molar-refractivity contribution >= 4 is 27.6 Å². The molecule has 0 aliphatic rings. The minimum Gasteiger partial charge on any atom is -0.385 e. The summed E-state index contributed by atoms with van der Waals surface area (Å²) in [6.07, 6.45) is 2.10. The van der Waals surface area contributed by atoms with E-state index >= 15 is 0 Å². The van der Waals surface area contributed by atoms with Crippen LogP contribution in [0.15, 0.2) is 63.9 Å². The average Bonchev–Trinajstić information content (AvgIpc) is 2.55. The Morgan fingerprint density at radius 3 is 2.26 bits per heavy atom. The highest BCUT2D eigenvalue weighted by Gasteiger charge is 2.15. The highest BCUT2D eigenvalue weighted by Crippen LogP contribution is 2.18. The van der Waals surface area contributed by atoms with Gasteiger partial charge in [-0.3, -0.25) is 14.9 Å². The summed E-state index contributed by atoms with van der Waals surface area (Å²) in [6.45, 7) is 0. The molecule has 0 saturated heterocycles. The molecule has 0 atom stereocenters. The second-order valence-electron chi connectivity index (χ2n) is 4.24. The molecule has 0 heterocycles. The van der Waals surface area contributed by atoms with Gasteiger partial charge in [-0.1, -0.05) is 18.2 Å². The Bertz CT molecular complexity index is 900. The van der Waals surface area contributed by atoms with E-state index in [2.05, 4.69) is 15.4 Å². The van der Waals surface area contributed by atoms with E-state index < -0.39 is 14.9 Å². The van der Waals surface area contributed by atoms with Crippen molar-refractivity contribution in [3.05, 3.63) is 75.8 Å². The van der Waals surface area contributed by atoms with Crippen LogP contribution < -0.4 is 0 Å². The maximum atomic E-state index is 12.3. The Balaban J connectivity index is 2.48. The Labute approximate surface area is 131 Å². The van der Waals surface area contributed by atoms with Gasteiger partial charge in [-0.05, 0) is 17.8 Å². The van der Waals surface area contributed by atoms with Crippen LogP contribution in [0.25, 0.3) is 5.53 Å². The first-order chi connectivity index (χ1) is 10.9. The maximum Gasteiger partial charge on any atom is 0.280 e. The predicted molar refractivity (Wildman–Crippen MR) is 81.9 cm³/mol. The van der Waals surface area contributed by atoms with E-state index in [9.17, 15) is 18.5 Å². The van der Waals surface area contributed by atoms with Gasteiger partial charge in [0.05, 0.1) is 9.82 Å². The van der Waals surface area contributed by atoms with Crippen LogP contribution in [-0.4, -0.2) is 30.1 Å². The van der Waals surface area contributed by atoms with Crippen molar-refractivity contribution in [1.29, 1.82) is 0 Å². The van der Waals surface area contributed by atoms with Gasteiger partial charge in [-0.25, -0.2) is 0 Å². The third kappa shape index (κ3) is 3.94. The second-order valence-corrected chi connectivity index (χ2v) is 5.85. The first-order valence-corrected chi connectivity index (χ1v) is 7.63. The molecule has 8 nitrogen and oxygen atoms in total. The van der Waals surface area contributed by atoms with Gasteiger partial charge in [0.2, 0.25) is 6.21 Å². The Kier molecular flexibility index (Phi) is 4.75. The quantitative estimate of drug-likeness (QED) is 0.207. The molecule has 0 bridgehead atoms. The number of rotatable bonds is 5. The first-order valence-electron chi connectivity index (χ1n) is 6.19. The van der Waals surface area contributed by atoms with Crippen molar-refractivity contribution in [2.75, 3.05) is 0 Å². The number of non-ortho nitro benzene ring substituents is 1. The van der Waals surface area contributed by atoms with E-state index in [1.54, 1.807) is 30.3 Å². The first kappa shape index (κ1) is 16.2. The third-order valence-electron chi connectivity index (χ3n) is 2.76. The van der Waals surface area contributed by atoms with Crippen LogP contribution in [0.4, 0.5) is 5.69 Å². The van der Waals surface area contributed by atoms with Crippen LogP contribution >= 0.6 is 0 Å². The van der Waals surface area contributed by atoms with Crippen molar-refractivity contribution in [2.45, 2.75) is 4.90 Å². The lowest BCUT2D eigenvalue weighted by Gasteiger charge is -2.07. The summed E-state index contributed by atoms with van der Waals surface area (Å²) in [5.74, 6) is 0. The summed E-state index contributed by atoms with van der Waals surface area (Å²) in [4.78, 5) is 12.4. The average molecular weight is 329 g/mol. The smallest absolute Gasteiger partial charge is 0.280 e. The summed E-state index contributed by atoms with van der Waals surface area (Å²) in [6, 6.07) is 12.5. The summed E-state index contributed by atoms with van der Waals surface area (Å²) >= 11 is 0. The largest absolute Gasteiger partial charge is 0.385 e. The van der Waals surface area contributed by atoms with Crippen molar-refractivity contribution in [3.63, 3.8) is 0 Å². The van der Waals surface area contributed by atoms with Crippen molar-refractivity contribution in [1.82, 2.24) is 0 Å². The van der Waals surface area contributed by atoms with E-state index in [1.165, 1.54) is 0 Å². The molecule has 9 heteroatoms. The van der Waals surface area contributed by atoms with Crippen LogP contribution in [0.5, 0.6) is 0 Å². The molecule has 23 heavy (non-hydrogen) atoms. The zero-order valence-corrected chi connectivity index (χ0v) is 12.3. The molecule has 0 saturated carbocycles. The number of hydrogen-bond donors (Lipinski definition) is 0. The van der Waals surface area contributed by atoms with Crippen molar-refractivity contribution < 1.29 is 18.1 Å². The summed E-state index contributed by atoms with van der Waals surface area (Å²) in [7, 11) is -4.14. The van der Waals surface area contributed by atoms with Crippen LogP contribution in [0, 0.1) is 10.1 Å². The molecule has 0 amide bonds. The highest BCUT2D eigenvalue weighted by molar-refractivity contribution is 7.90. The van der Waals surface area contributed by atoms with Crippen LogP contribution in [-0.2, 0) is 10.0 Å². The molecule has 116 valence electrons. The SMILES string of the molecule is [N-]=[N+]=[C-]/C(=N/S(=O)(=O)c1ccc([N+](=O)[O-])cc1)c1ccccc1.